The molecule has 3 rings (SSSR count). The number of carbonyl (C=O) groups is 1. The maximum absolute atomic E-state index is 11.0. The quantitative estimate of drug-likeness (QED) is 0.785. The summed E-state index contributed by atoms with van der Waals surface area (Å²) in [5, 5.41) is 3.81. The standard InChI is InChI=1S/C13H11NO5/c1-8-2-10(14-19-8)6-16-11-4-13-12(17-7-18-13)3-9(11)5-15/h2-5H,6-7H2,1H3. The summed E-state index contributed by atoms with van der Waals surface area (Å²) in [5.74, 6) is 2.25. The minimum absolute atomic E-state index is 0.152. The molecule has 0 amide bonds. The van der Waals surface area contributed by atoms with E-state index in [4.69, 9.17) is 18.7 Å². The van der Waals surface area contributed by atoms with Crippen molar-refractivity contribution in [1.29, 1.82) is 0 Å². The summed E-state index contributed by atoms with van der Waals surface area (Å²) in [6, 6.07) is 5.01. The number of benzene rings is 1. The van der Waals surface area contributed by atoms with Crippen LogP contribution >= 0.6 is 0 Å². The molecular weight excluding hydrogens is 250 g/mol. The van der Waals surface area contributed by atoms with Crippen molar-refractivity contribution in [1.82, 2.24) is 5.16 Å². The molecule has 1 aromatic carbocycles. The van der Waals surface area contributed by atoms with Crippen LogP contribution in [0.25, 0.3) is 0 Å². The fourth-order valence-corrected chi connectivity index (χ4v) is 1.79. The number of aromatic nitrogens is 1. The molecule has 98 valence electrons. The lowest BCUT2D eigenvalue weighted by atomic mass is 10.2. The lowest BCUT2D eigenvalue weighted by Crippen LogP contribution is -1.98. The van der Waals surface area contributed by atoms with Gasteiger partial charge >= 0.3 is 0 Å². The van der Waals surface area contributed by atoms with E-state index in [1.54, 1.807) is 25.1 Å². The molecule has 0 saturated heterocycles. The summed E-state index contributed by atoms with van der Waals surface area (Å²) in [5.41, 5.74) is 1.07. The van der Waals surface area contributed by atoms with Gasteiger partial charge in [-0.3, -0.25) is 4.79 Å². The first-order valence-corrected chi connectivity index (χ1v) is 5.70. The third-order valence-corrected chi connectivity index (χ3v) is 2.68. The molecule has 2 heterocycles. The minimum Gasteiger partial charge on any atom is -0.486 e. The van der Waals surface area contributed by atoms with Crippen LogP contribution in [-0.4, -0.2) is 18.2 Å². The van der Waals surface area contributed by atoms with Gasteiger partial charge in [0, 0.05) is 12.1 Å². The average molecular weight is 261 g/mol. The topological polar surface area (TPSA) is 70.8 Å². The van der Waals surface area contributed by atoms with Gasteiger partial charge in [0.05, 0.1) is 5.56 Å². The van der Waals surface area contributed by atoms with E-state index in [1.807, 2.05) is 0 Å². The first-order valence-electron chi connectivity index (χ1n) is 5.70. The maximum Gasteiger partial charge on any atom is 0.231 e. The Hall–Kier alpha value is -2.50. The normalized spacial score (nSPS) is 12.5. The van der Waals surface area contributed by atoms with Crippen molar-refractivity contribution in [3.8, 4) is 17.2 Å². The molecule has 6 heteroatoms. The Balaban J connectivity index is 1.81. The molecule has 6 nitrogen and oxygen atoms in total. The third kappa shape index (κ3) is 2.24. The van der Waals surface area contributed by atoms with E-state index >= 15 is 0 Å². The van der Waals surface area contributed by atoms with Crippen molar-refractivity contribution >= 4 is 6.29 Å². The van der Waals surface area contributed by atoms with Crippen LogP contribution in [0.15, 0.2) is 22.7 Å². The summed E-state index contributed by atoms with van der Waals surface area (Å²) in [7, 11) is 0. The summed E-state index contributed by atoms with van der Waals surface area (Å²) in [6.45, 7) is 2.17. The van der Waals surface area contributed by atoms with Gasteiger partial charge in [-0.1, -0.05) is 5.16 Å². The van der Waals surface area contributed by atoms with E-state index in [0.717, 1.165) is 0 Å². The monoisotopic (exact) mass is 261 g/mol. The van der Waals surface area contributed by atoms with E-state index in [0.29, 0.717) is 40.6 Å². The highest BCUT2D eigenvalue weighted by molar-refractivity contribution is 5.81. The van der Waals surface area contributed by atoms with Gasteiger partial charge in [0.15, 0.2) is 17.8 Å². The van der Waals surface area contributed by atoms with E-state index in [9.17, 15) is 4.79 Å². The van der Waals surface area contributed by atoms with Crippen molar-refractivity contribution in [3.05, 3.63) is 35.2 Å². The second-order valence-corrected chi connectivity index (χ2v) is 4.08. The van der Waals surface area contributed by atoms with Crippen LogP contribution < -0.4 is 14.2 Å². The molecule has 0 bridgehead atoms. The molecule has 0 fully saturated rings. The molecule has 0 atom stereocenters. The maximum atomic E-state index is 11.0. The zero-order valence-corrected chi connectivity index (χ0v) is 10.2. The van der Waals surface area contributed by atoms with E-state index in [-0.39, 0.29) is 13.4 Å². The zero-order valence-electron chi connectivity index (χ0n) is 10.2. The number of hydrogen-bond donors (Lipinski definition) is 0. The Morgan fingerprint density at radius 3 is 2.79 bits per heavy atom. The van der Waals surface area contributed by atoms with Crippen LogP contribution in [0.1, 0.15) is 21.8 Å². The Bertz CT molecular complexity index is 619. The molecule has 2 aromatic rings. The van der Waals surface area contributed by atoms with Crippen molar-refractivity contribution in [3.63, 3.8) is 0 Å². The van der Waals surface area contributed by atoms with Gasteiger partial charge in [-0.05, 0) is 13.0 Å². The van der Waals surface area contributed by atoms with Gasteiger partial charge in [0.2, 0.25) is 6.79 Å². The van der Waals surface area contributed by atoms with Crippen molar-refractivity contribution < 1.29 is 23.5 Å². The average Bonchev–Trinajstić information content (AvgIpc) is 3.03. The number of carbonyl (C=O) groups excluding carboxylic acids is 1. The van der Waals surface area contributed by atoms with Crippen LogP contribution in [-0.2, 0) is 6.61 Å². The predicted octanol–water partition coefficient (Wildman–Crippen LogP) is 2.10. The molecule has 0 saturated carbocycles. The van der Waals surface area contributed by atoms with Gasteiger partial charge in [-0.15, -0.1) is 0 Å². The number of aryl methyl sites for hydroxylation is 1. The molecule has 0 spiro atoms. The minimum atomic E-state index is 0.152. The molecule has 1 aromatic heterocycles. The molecule has 1 aliphatic heterocycles. The molecule has 0 N–H and O–H groups in total. The summed E-state index contributed by atoms with van der Waals surface area (Å²) in [6.07, 6.45) is 0.714. The van der Waals surface area contributed by atoms with Gasteiger partial charge < -0.3 is 18.7 Å². The molecule has 0 aliphatic carbocycles. The fourth-order valence-electron chi connectivity index (χ4n) is 1.79. The predicted molar refractivity (Wildman–Crippen MR) is 63.5 cm³/mol. The Morgan fingerprint density at radius 1 is 1.32 bits per heavy atom. The first kappa shape index (κ1) is 11.6. The second kappa shape index (κ2) is 4.64. The number of fused-ring (bicyclic) bond motifs is 1. The third-order valence-electron chi connectivity index (χ3n) is 2.68. The summed E-state index contributed by atoms with van der Waals surface area (Å²) in [4.78, 5) is 11.0. The number of nitrogens with zero attached hydrogens (tertiary/aromatic N) is 1. The van der Waals surface area contributed by atoms with Crippen LogP contribution in [0.4, 0.5) is 0 Å². The smallest absolute Gasteiger partial charge is 0.231 e. The number of aldehydes is 1. The van der Waals surface area contributed by atoms with E-state index in [1.165, 1.54) is 0 Å². The highest BCUT2D eigenvalue weighted by Crippen LogP contribution is 2.37. The number of rotatable bonds is 4. The Labute approximate surface area is 108 Å². The van der Waals surface area contributed by atoms with Crippen LogP contribution in [0.3, 0.4) is 0 Å². The molecule has 0 unspecified atom stereocenters. The molecule has 0 radical (unpaired) electrons. The second-order valence-electron chi connectivity index (χ2n) is 4.08. The van der Waals surface area contributed by atoms with E-state index < -0.39 is 0 Å². The number of hydrogen-bond acceptors (Lipinski definition) is 6. The highest BCUT2D eigenvalue weighted by atomic mass is 16.7. The van der Waals surface area contributed by atoms with Crippen molar-refractivity contribution in [2.75, 3.05) is 6.79 Å². The largest absolute Gasteiger partial charge is 0.486 e. The van der Waals surface area contributed by atoms with Gasteiger partial charge in [-0.25, -0.2) is 0 Å². The molecule has 19 heavy (non-hydrogen) atoms. The summed E-state index contributed by atoms with van der Waals surface area (Å²) >= 11 is 0. The molecule has 1 aliphatic rings. The van der Waals surface area contributed by atoms with Gasteiger partial charge in [0.25, 0.3) is 0 Å². The van der Waals surface area contributed by atoms with Crippen molar-refractivity contribution in [2.45, 2.75) is 13.5 Å². The lowest BCUT2D eigenvalue weighted by Gasteiger charge is -2.07. The Kier molecular flexibility index (Phi) is 2.83. The number of ether oxygens (including phenoxy) is 3. The first-order chi connectivity index (χ1) is 9.26. The molecular formula is C13H11NO5. The fraction of sp³-hybridized carbons (Fsp3) is 0.231. The van der Waals surface area contributed by atoms with Gasteiger partial charge in [-0.2, -0.15) is 0 Å². The van der Waals surface area contributed by atoms with Crippen molar-refractivity contribution in [2.24, 2.45) is 0 Å². The van der Waals surface area contributed by atoms with Crippen LogP contribution in [0.5, 0.6) is 17.2 Å². The Morgan fingerprint density at radius 2 is 2.11 bits per heavy atom. The lowest BCUT2D eigenvalue weighted by molar-refractivity contribution is 0.111. The summed E-state index contributed by atoms with van der Waals surface area (Å²) < 4.78 is 20.9. The SMILES string of the molecule is Cc1cc(COc2cc3c(cc2C=O)OCO3)no1. The highest BCUT2D eigenvalue weighted by Gasteiger charge is 2.18. The van der Waals surface area contributed by atoms with Gasteiger partial charge in [0.1, 0.15) is 23.8 Å². The van der Waals surface area contributed by atoms with Crippen LogP contribution in [0.2, 0.25) is 0 Å². The van der Waals surface area contributed by atoms with E-state index in [2.05, 4.69) is 5.16 Å². The van der Waals surface area contributed by atoms with Crippen LogP contribution in [0, 0.1) is 6.92 Å². The zero-order chi connectivity index (χ0) is 13.2.